The van der Waals surface area contributed by atoms with Crippen LogP contribution in [0.5, 0.6) is 11.5 Å². The summed E-state index contributed by atoms with van der Waals surface area (Å²) in [5, 5.41) is 17.7. The molecule has 2 atom stereocenters. The maximum atomic E-state index is 12.7. The first-order chi connectivity index (χ1) is 17.2. The molecule has 3 heterocycles. The second-order valence-corrected chi connectivity index (χ2v) is 8.91. The normalized spacial score (nSPS) is 18.0. The van der Waals surface area contributed by atoms with E-state index in [4.69, 9.17) is 16.3 Å². The Morgan fingerprint density at radius 1 is 1.14 bits per heavy atom. The van der Waals surface area contributed by atoms with Gasteiger partial charge in [0.15, 0.2) is 0 Å². The van der Waals surface area contributed by atoms with E-state index in [1.165, 1.54) is 13.1 Å². The lowest BCUT2D eigenvalue weighted by atomic mass is 9.95. The highest BCUT2D eigenvalue weighted by Crippen LogP contribution is 2.42. The van der Waals surface area contributed by atoms with Gasteiger partial charge in [0.2, 0.25) is 0 Å². The predicted octanol–water partition coefficient (Wildman–Crippen LogP) is 5.45. The summed E-state index contributed by atoms with van der Waals surface area (Å²) in [6.45, 7) is -2.15. The van der Waals surface area contributed by atoms with Crippen LogP contribution in [0.2, 0.25) is 5.02 Å². The van der Waals surface area contributed by atoms with Crippen LogP contribution in [-0.4, -0.2) is 39.7 Å². The number of para-hydroxylation sites is 1. The Hall–Kier alpha value is -3.73. The Bertz CT molecular complexity index is 1430. The largest absolute Gasteiger partial charge is 0.457 e. The van der Waals surface area contributed by atoms with Crippen molar-refractivity contribution in [2.24, 2.45) is 0 Å². The van der Waals surface area contributed by atoms with Crippen molar-refractivity contribution in [2.75, 3.05) is 17.2 Å². The Kier molecular flexibility index (Phi) is 6.25. The minimum absolute atomic E-state index is 0.277. The van der Waals surface area contributed by atoms with Crippen LogP contribution in [0.3, 0.4) is 0 Å². The van der Waals surface area contributed by atoms with Crippen LogP contribution in [0.25, 0.3) is 11.0 Å². The number of hydrogen-bond acceptors (Lipinski definition) is 6. The zero-order valence-corrected chi connectivity index (χ0v) is 19.6. The van der Waals surface area contributed by atoms with Crippen LogP contribution in [0, 0.1) is 0 Å². The van der Waals surface area contributed by atoms with Gasteiger partial charge in [0.1, 0.15) is 28.8 Å². The van der Waals surface area contributed by atoms with E-state index in [0.29, 0.717) is 45.0 Å². The number of halogens is 3. The number of ether oxygens (including phenoxy) is 2. The second-order valence-electron chi connectivity index (χ2n) is 8.50. The van der Waals surface area contributed by atoms with Crippen LogP contribution in [0.15, 0.2) is 60.9 Å². The fourth-order valence-corrected chi connectivity index (χ4v) is 4.34. The molecular weight excluding hydrogens is 494 g/mol. The molecule has 1 amide bonds. The first-order valence-electron chi connectivity index (χ1n) is 10.9. The number of aromatic nitrogens is 2. The number of carbonyl (C=O) groups excluding carboxylic acids is 1. The van der Waals surface area contributed by atoms with Crippen molar-refractivity contribution < 1.29 is 28.2 Å². The summed E-state index contributed by atoms with van der Waals surface area (Å²) in [5.41, 5.74) is 0.533. The van der Waals surface area contributed by atoms with E-state index in [1.807, 2.05) is 30.3 Å². The third kappa shape index (κ3) is 4.46. The van der Waals surface area contributed by atoms with Crippen molar-refractivity contribution >= 4 is 39.9 Å². The number of aliphatic hydroxyl groups excluding tert-OH is 1. The van der Waals surface area contributed by atoms with E-state index in [1.54, 1.807) is 24.4 Å². The maximum Gasteiger partial charge on any atom is 0.345 e. The molecule has 4 aromatic rings. The Labute approximate surface area is 209 Å². The highest BCUT2D eigenvalue weighted by atomic mass is 35.5. The van der Waals surface area contributed by atoms with Gasteiger partial charge in [-0.1, -0.05) is 35.9 Å². The number of alkyl halides is 2. The summed E-state index contributed by atoms with van der Waals surface area (Å²) < 4.78 is 35.6. The molecule has 0 saturated heterocycles. The first-order valence-corrected chi connectivity index (χ1v) is 11.3. The van der Waals surface area contributed by atoms with Gasteiger partial charge < -0.3 is 30.2 Å². The van der Waals surface area contributed by atoms with Crippen LogP contribution in [-0.2, 0) is 9.53 Å². The van der Waals surface area contributed by atoms with Gasteiger partial charge in [0.05, 0.1) is 34.6 Å². The zero-order valence-electron chi connectivity index (χ0n) is 18.9. The molecule has 0 spiro atoms. The number of rotatable bonds is 7. The zero-order chi connectivity index (χ0) is 25.4. The molecule has 1 unspecified atom stereocenters. The van der Waals surface area contributed by atoms with Crippen molar-refractivity contribution in [3.8, 4) is 11.5 Å². The molecular formula is C25H21ClF2N4O4. The SMILES string of the molecule is C[C@@]1(COC(F)F)Nc2c(cnc3[nH]cc(C(O)c4ccc(Oc5ccccc5)cc4Cl)c23)NC1=O. The summed E-state index contributed by atoms with van der Waals surface area (Å²) in [7, 11) is 0. The number of H-pyrrole nitrogens is 1. The number of carbonyl (C=O) groups is 1. The van der Waals surface area contributed by atoms with Crippen molar-refractivity contribution in [3.05, 3.63) is 77.1 Å². The number of fused-ring (bicyclic) bond motifs is 3. The quantitative estimate of drug-likeness (QED) is 0.261. The van der Waals surface area contributed by atoms with Crippen LogP contribution in [0.4, 0.5) is 20.2 Å². The van der Waals surface area contributed by atoms with E-state index in [0.717, 1.165) is 0 Å². The maximum absolute atomic E-state index is 12.7. The number of amides is 1. The summed E-state index contributed by atoms with van der Waals surface area (Å²) in [6.07, 6.45) is 1.84. The van der Waals surface area contributed by atoms with Gasteiger partial charge >= 0.3 is 6.61 Å². The highest BCUT2D eigenvalue weighted by Gasteiger charge is 2.40. The summed E-state index contributed by atoms with van der Waals surface area (Å²) >= 11 is 6.51. The predicted molar refractivity (Wildman–Crippen MR) is 131 cm³/mol. The highest BCUT2D eigenvalue weighted by molar-refractivity contribution is 6.31. The number of benzene rings is 2. The van der Waals surface area contributed by atoms with Crippen LogP contribution < -0.4 is 15.4 Å². The Balaban J connectivity index is 1.49. The van der Waals surface area contributed by atoms with E-state index < -0.39 is 30.8 Å². The molecule has 0 radical (unpaired) electrons. The molecule has 186 valence electrons. The van der Waals surface area contributed by atoms with Gasteiger partial charge in [0, 0.05) is 17.3 Å². The number of nitrogens with zero attached hydrogens (tertiary/aromatic N) is 1. The third-order valence-corrected chi connectivity index (χ3v) is 6.25. The summed E-state index contributed by atoms with van der Waals surface area (Å²) in [4.78, 5) is 19.9. The van der Waals surface area contributed by atoms with Crippen molar-refractivity contribution in [1.82, 2.24) is 9.97 Å². The Morgan fingerprint density at radius 2 is 1.92 bits per heavy atom. The average molecular weight is 515 g/mol. The molecule has 8 nitrogen and oxygen atoms in total. The lowest BCUT2D eigenvalue weighted by Gasteiger charge is -2.35. The number of aromatic amines is 1. The van der Waals surface area contributed by atoms with Crippen molar-refractivity contribution in [2.45, 2.75) is 25.2 Å². The number of hydrogen-bond donors (Lipinski definition) is 4. The van der Waals surface area contributed by atoms with Crippen molar-refractivity contribution in [3.63, 3.8) is 0 Å². The van der Waals surface area contributed by atoms with Crippen LogP contribution in [0.1, 0.15) is 24.2 Å². The number of nitrogens with one attached hydrogen (secondary N) is 3. The number of pyridine rings is 1. The van der Waals surface area contributed by atoms with Crippen molar-refractivity contribution in [1.29, 1.82) is 0 Å². The van der Waals surface area contributed by atoms with Crippen LogP contribution >= 0.6 is 11.6 Å². The molecule has 4 N–H and O–H groups in total. The van der Waals surface area contributed by atoms with Gasteiger partial charge in [-0.05, 0) is 31.2 Å². The Morgan fingerprint density at radius 3 is 2.64 bits per heavy atom. The van der Waals surface area contributed by atoms with Gasteiger partial charge in [-0.15, -0.1) is 0 Å². The summed E-state index contributed by atoms with van der Waals surface area (Å²) in [6, 6.07) is 14.1. The van der Waals surface area contributed by atoms with E-state index >= 15 is 0 Å². The first kappa shape index (κ1) is 24.0. The third-order valence-electron chi connectivity index (χ3n) is 5.92. The standard InChI is InChI=1S/C25H21ClF2N4O4/c1-25(12-35-24(27)28)23(34)31-18-11-30-22-19(20(18)32-25)16(10-29-22)21(33)15-8-7-14(9-17(15)26)36-13-5-3-2-4-6-13/h2-11,21,24,32-33H,12H2,1H3,(H,29,30)(H,31,34)/t21?,25-/m0/s1. The molecule has 0 aliphatic carbocycles. The molecule has 36 heavy (non-hydrogen) atoms. The fourth-order valence-electron chi connectivity index (χ4n) is 4.07. The lowest BCUT2D eigenvalue weighted by Crippen LogP contribution is -2.53. The second kappa shape index (κ2) is 9.38. The van der Waals surface area contributed by atoms with E-state index in [9.17, 15) is 18.7 Å². The molecule has 2 aromatic heterocycles. The molecule has 0 saturated carbocycles. The van der Waals surface area contributed by atoms with E-state index in [-0.39, 0.29) is 5.02 Å². The molecule has 2 aromatic carbocycles. The molecule has 0 fully saturated rings. The molecule has 1 aliphatic rings. The topological polar surface area (TPSA) is 108 Å². The summed E-state index contributed by atoms with van der Waals surface area (Å²) in [5.74, 6) is 0.592. The van der Waals surface area contributed by atoms with Gasteiger partial charge in [0.25, 0.3) is 5.91 Å². The molecule has 5 rings (SSSR count). The minimum atomic E-state index is -3.03. The van der Waals surface area contributed by atoms with Gasteiger partial charge in [-0.2, -0.15) is 8.78 Å². The smallest absolute Gasteiger partial charge is 0.345 e. The van der Waals surface area contributed by atoms with Gasteiger partial charge in [-0.3, -0.25) is 4.79 Å². The average Bonchev–Trinajstić information content (AvgIpc) is 3.29. The van der Waals surface area contributed by atoms with E-state index in [2.05, 4.69) is 25.3 Å². The molecule has 11 heteroatoms. The minimum Gasteiger partial charge on any atom is -0.457 e. The number of anilines is 2. The lowest BCUT2D eigenvalue weighted by molar-refractivity contribution is -0.146. The van der Waals surface area contributed by atoms with Gasteiger partial charge in [-0.25, -0.2) is 4.98 Å². The number of aliphatic hydroxyl groups is 1. The monoisotopic (exact) mass is 514 g/mol. The fraction of sp³-hybridized carbons (Fsp3) is 0.200. The molecule has 0 bridgehead atoms. The molecule has 1 aliphatic heterocycles.